The third kappa shape index (κ3) is 9.35. The molecule has 5 nitrogen and oxygen atoms in total. The van der Waals surface area contributed by atoms with Crippen LogP contribution in [0.1, 0.15) is 21.7 Å². The summed E-state index contributed by atoms with van der Waals surface area (Å²) in [6.45, 7) is 6.63. The second kappa shape index (κ2) is 9.18. The molecule has 0 N–H and O–H groups in total. The van der Waals surface area contributed by atoms with E-state index < -0.39 is 22.2 Å². The van der Waals surface area contributed by atoms with Gasteiger partial charge in [0.2, 0.25) is 0 Å². The van der Waals surface area contributed by atoms with Crippen LogP contribution in [0.2, 0.25) is 0 Å². The molecule has 7 heteroatoms. The number of hydrogen-bond acceptors (Lipinski definition) is 5. The van der Waals surface area contributed by atoms with Gasteiger partial charge < -0.3 is 6.16 Å². The summed E-state index contributed by atoms with van der Waals surface area (Å²) in [7, 11) is -3.61. The molecule has 0 aromatic carbocycles. The molecule has 1 atom stereocenters. The van der Waals surface area contributed by atoms with Gasteiger partial charge in [-0.3, -0.25) is 4.18 Å². The number of ether oxygens (including phenoxy) is 1. The van der Waals surface area contributed by atoms with E-state index in [2.05, 4.69) is 10.8 Å². The van der Waals surface area contributed by atoms with E-state index in [1.54, 1.807) is 6.92 Å². The van der Waals surface area contributed by atoms with E-state index in [0.29, 0.717) is 6.42 Å². The largest absolute Gasteiger partial charge is 1.00 e. The molecular weight excluding hydrogens is 243 g/mol. The molecule has 0 aromatic heterocycles. The monoisotopic (exact) mass is 260 g/mol. The number of rotatable bonds is 7. The molecule has 0 amide bonds. The van der Waals surface area contributed by atoms with Gasteiger partial charge in [0.25, 0.3) is 10.1 Å². The summed E-state index contributed by atoms with van der Waals surface area (Å²) in [5, 5.41) is 0. The standard InChI is InChI=1S/C9H16O5S.Na.H/c1-4-6-13-15(11,12)7-8(3)14-9(10)5-2;;/h5,8H,2,4,6-7H2,1,3H3;;/q;+1;-1. The van der Waals surface area contributed by atoms with Crippen molar-refractivity contribution in [1.82, 2.24) is 0 Å². The molecule has 0 spiro atoms. The Morgan fingerprint density at radius 3 is 2.56 bits per heavy atom. The van der Waals surface area contributed by atoms with E-state index in [-0.39, 0.29) is 43.3 Å². The van der Waals surface area contributed by atoms with Crippen LogP contribution in [0, 0.1) is 0 Å². The maximum Gasteiger partial charge on any atom is 1.00 e. The van der Waals surface area contributed by atoms with Crippen molar-refractivity contribution in [2.45, 2.75) is 26.4 Å². The van der Waals surface area contributed by atoms with Gasteiger partial charge >= 0.3 is 35.5 Å². The molecule has 16 heavy (non-hydrogen) atoms. The second-order valence-electron chi connectivity index (χ2n) is 3.00. The molecule has 0 aromatic rings. The van der Waals surface area contributed by atoms with Crippen molar-refractivity contribution in [2.24, 2.45) is 0 Å². The van der Waals surface area contributed by atoms with Crippen molar-refractivity contribution < 1.29 is 53.1 Å². The van der Waals surface area contributed by atoms with Crippen molar-refractivity contribution in [3.8, 4) is 0 Å². The van der Waals surface area contributed by atoms with Gasteiger partial charge in [0.05, 0.1) is 6.61 Å². The Balaban J connectivity index is -0.000000980. The van der Waals surface area contributed by atoms with E-state index in [9.17, 15) is 13.2 Å². The maximum absolute atomic E-state index is 11.2. The first-order chi connectivity index (χ1) is 6.91. The van der Waals surface area contributed by atoms with Crippen LogP contribution in [0.5, 0.6) is 0 Å². The van der Waals surface area contributed by atoms with E-state index >= 15 is 0 Å². The van der Waals surface area contributed by atoms with E-state index in [1.807, 2.05) is 0 Å². The SMILES string of the molecule is C=CC(=O)OC(C)CS(=O)(=O)OCCC.[H-].[Na+]. The van der Waals surface area contributed by atoms with Crippen molar-refractivity contribution >= 4 is 16.1 Å². The predicted octanol–water partition coefficient (Wildman–Crippen LogP) is -2.02. The molecule has 1 unspecified atom stereocenters. The quantitative estimate of drug-likeness (QED) is 0.229. The molecule has 0 aliphatic carbocycles. The average Bonchev–Trinajstić information content (AvgIpc) is 2.13. The number of carbonyl (C=O) groups excluding carboxylic acids is 1. The minimum atomic E-state index is -3.61. The number of carbonyl (C=O) groups is 1. The third-order valence-electron chi connectivity index (χ3n) is 1.39. The van der Waals surface area contributed by atoms with Gasteiger partial charge in [-0.25, -0.2) is 4.79 Å². The van der Waals surface area contributed by atoms with Crippen molar-refractivity contribution in [3.05, 3.63) is 12.7 Å². The minimum absolute atomic E-state index is 0. The molecular formula is C9H17NaO5S. The van der Waals surface area contributed by atoms with Gasteiger partial charge in [0.1, 0.15) is 11.9 Å². The predicted molar refractivity (Wildman–Crippen MR) is 56.9 cm³/mol. The van der Waals surface area contributed by atoms with Gasteiger partial charge in [-0.15, -0.1) is 0 Å². The number of hydrogen-bond donors (Lipinski definition) is 0. The molecule has 0 heterocycles. The Hall–Kier alpha value is 0.120. The topological polar surface area (TPSA) is 69.7 Å². The van der Waals surface area contributed by atoms with E-state index in [4.69, 9.17) is 4.74 Å². The van der Waals surface area contributed by atoms with Gasteiger partial charge in [-0.05, 0) is 13.3 Å². The molecule has 0 aliphatic heterocycles. The molecule has 0 aliphatic rings. The minimum Gasteiger partial charge on any atom is -1.00 e. The molecule has 0 bridgehead atoms. The first-order valence-electron chi connectivity index (χ1n) is 4.61. The Morgan fingerprint density at radius 2 is 2.12 bits per heavy atom. The molecule has 0 fully saturated rings. The summed E-state index contributed by atoms with van der Waals surface area (Å²) < 4.78 is 31.8. The smallest absolute Gasteiger partial charge is 1.00 e. The van der Waals surface area contributed by atoms with Crippen LogP contribution in [-0.4, -0.2) is 32.9 Å². The van der Waals surface area contributed by atoms with E-state index in [0.717, 1.165) is 6.08 Å². The van der Waals surface area contributed by atoms with Gasteiger partial charge in [-0.2, -0.15) is 8.42 Å². The first-order valence-corrected chi connectivity index (χ1v) is 6.19. The Kier molecular flexibility index (Phi) is 10.6. The summed E-state index contributed by atoms with van der Waals surface area (Å²) in [5.74, 6) is -0.986. The van der Waals surface area contributed by atoms with Gasteiger partial charge in [-0.1, -0.05) is 13.5 Å². The van der Waals surface area contributed by atoms with Crippen molar-refractivity contribution in [2.75, 3.05) is 12.4 Å². The third-order valence-corrected chi connectivity index (χ3v) is 2.79. The van der Waals surface area contributed by atoms with Crippen LogP contribution in [0.15, 0.2) is 12.7 Å². The van der Waals surface area contributed by atoms with Crippen molar-refractivity contribution in [1.29, 1.82) is 0 Å². The molecule has 0 rings (SSSR count). The zero-order valence-corrected chi connectivity index (χ0v) is 12.7. The Bertz CT molecular complexity index is 317. The van der Waals surface area contributed by atoms with Crippen LogP contribution in [0.3, 0.4) is 0 Å². The Morgan fingerprint density at radius 1 is 1.56 bits per heavy atom. The zero-order chi connectivity index (χ0) is 11.9. The summed E-state index contributed by atoms with van der Waals surface area (Å²) in [5.41, 5.74) is 0. The summed E-state index contributed by atoms with van der Waals surface area (Å²) in [6, 6.07) is 0. The van der Waals surface area contributed by atoms with Crippen LogP contribution in [0.4, 0.5) is 0 Å². The Labute approximate surface area is 120 Å². The van der Waals surface area contributed by atoms with Gasteiger partial charge in [0.15, 0.2) is 0 Å². The molecule has 0 saturated carbocycles. The van der Waals surface area contributed by atoms with Crippen molar-refractivity contribution in [3.63, 3.8) is 0 Å². The van der Waals surface area contributed by atoms with Gasteiger partial charge in [0, 0.05) is 6.08 Å². The first kappa shape index (κ1) is 18.5. The summed E-state index contributed by atoms with van der Waals surface area (Å²) >= 11 is 0. The zero-order valence-electron chi connectivity index (χ0n) is 10.9. The van der Waals surface area contributed by atoms with Crippen LogP contribution in [0.25, 0.3) is 0 Å². The normalized spacial score (nSPS) is 12.4. The molecule has 90 valence electrons. The van der Waals surface area contributed by atoms with Crippen LogP contribution < -0.4 is 29.6 Å². The summed E-state index contributed by atoms with van der Waals surface area (Å²) in [6.07, 6.45) is 0.855. The van der Waals surface area contributed by atoms with E-state index in [1.165, 1.54) is 6.92 Å². The van der Waals surface area contributed by atoms with Crippen LogP contribution >= 0.6 is 0 Å². The second-order valence-corrected chi connectivity index (χ2v) is 4.68. The fourth-order valence-corrected chi connectivity index (χ4v) is 1.99. The van der Waals surface area contributed by atoms with Crippen LogP contribution in [-0.2, 0) is 23.8 Å². The fourth-order valence-electron chi connectivity index (χ4n) is 0.826. The number of esters is 1. The summed E-state index contributed by atoms with van der Waals surface area (Å²) in [4.78, 5) is 10.7. The fraction of sp³-hybridized carbons (Fsp3) is 0.667. The molecule has 0 saturated heterocycles. The average molecular weight is 260 g/mol. The molecule has 0 radical (unpaired) electrons. The maximum atomic E-state index is 11.2.